The molecule has 0 saturated carbocycles. The van der Waals surface area contributed by atoms with Crippen LogP contribution in [0.2, 0.25) is 0 Å². The molecule has 0 aliphatic heterocycles. The van der Waals surface area contributed by atoms with Crippen molar-refractivity contribution < 1.29 is 14.1 Å². The molecular weight excluding hydrogens is 244 g/mol. The van der Waals surface area contributed by atoms with Gasteiger partial charge in [-0.1, -0.05) is 36.3 Å². The molecule has 5 heteroatoms. The van der Waals surface area contributed by atoms with Crippen molar-refractivity contribution in [1.29, 1.82) is 0 Å². The molecule has 0 atom stereocenters. The van der Waals surface area contributed by atoms with Gasteiger partial charge < -0.3 is 9.26 Å². The summed E-state index contributed by atoms with van der Waals surface area (Å²) in [5, 5.41) is 3.88. The lowest BCUT2D eigenvalue weighted by molar-refractivity contribution is -0.122. The van der Waals surface area contributed by atoms with Gasteiger partial charge in [-0.3, -0.25) is 4.79 Å². The van der Waals surface area contributed by atoms with Crippen LogP contribution in [0.1, 0.15) is 18.4 Å². The molecule has 0 amide bonds. The number of carbonyl (C=O) groups excluding carboxylic acids is 1. The monoisotopic (exact) mass is 260 g/mol. The minimum atomic E-state index is -0.0842. The number of nitrogens with zero attached hydrogens (tertiary/aromatic N) is 2. The number of carbonyl (C=O) groups is 1. The lowest BCUT2D eigenvalue weighted by Gasteiger charge is -1.97. The summed E-state index contributed by atoms with van der Waals surface area (Å²) >= 11 is 0. The lowest BCUT2D eigenvalue weighted by atomic mass is 10.1. The van der Waals surface area contributed by atoms with Crippen molar-refractivity contribution in [1.82, 2.24) is 10.1 Å². The fraction of sp³-hybridized carbons (Fsp3) is 0.357. The van der Waals surface area contributed by atoms with Gasteiger partial charge in [0.25, 0.3) is 0 Å². The molecule has 0 unspecified atom stereocenters. The second kappa shape index (κ2) is 6.24. The molecule has 0 aliphatic carbocycles. The number of ether oxygens (including phenoxy) is 1. The molecule has 19 heavy (non-hydrogen) atoms. The van der Waals surface area contributed by atoms with Crippen LogP contribution in [0.25, 0.3) is 11.4 Å². The van der Waals surface area contributed by atoms with Gasteiger partial charge in [-0.2, -0.15) is 4.98 Å². The van der Waals surface area contributed by atoms with Crippen molar-refractivity contribution >= 4 is 5.78 Å². The summed E-state index contributed by atoms with van der Waals surface area (Å²) < 4.78 is 9.81. The van der Waals surface area contributed by atoms with Crippen LogP contribution in [-0.4, -0.2) is 29.6 Å². The number of hydrogen-bond donors (Lipinski definition) is 0. The number of Topliss-reactive ketones (excluding diaryl/α,β-unsaturated/α-hetero) is 1. The van der Waals surface area contributed by atoms with Gasteiger partial charge in [-0.25, -0.2) is 0 Å². The molecule has 1 aromatic carbocycles. The lowest BCUT2D eigenvalue weighted by Crippen LogP contribution is -2.09. The highest BCUT2D eigenvalue weighted by molar-refractivity contribution is 5.81. The van der Waals surface area contributed by atoms with Gasteiger partial charge in [0.2, 0.25) is 11.7 Å². The van der Waals surface area contributed by atoms with Crippen molar-refractivity contribution in [3.63, 3.8) is 0 Å². The maximum absolute atomic E-state index is 11.4. The largest absolute Gasteiger partial charge is 0.377 e. The minimum absolute atomic E-state index is 0.0584. The van der Waals surface area contributed by atoms with E-state index in [9.17, 15) is 4.79 Å². The molecule has 0 aliphatic rings. The zero-order valence-corrected chi connectivity index (χ0v) is 11.0. The molecule has 2 aromatic rings. The molecule has 1 heterocycles. The van der Waals surface area contributed by atoms with Crippen LogP contribution in [0.5, 0.6) is 0 Å². The highest BCUT2D eigenvalue weighted by Gasteiger charge is 2.12. The maximum Gasteiger partial charge on any atom is 0.234 e. The Hall–Kier alpha value is -2.01. The Morgan fingerprint density at radius 2 is 2.05 bits per heavy atom. The van der Waals surface area contributed by atoms with Crippen LogP contribution in [0.3, 0.4) is 0 Å². The van der Waals surface area contributed by atoms with Crippen LogP contribution in [0.4, 0.5) is 0 Å². The Morgan fingerprint density at radius 3 is 2.68 bits per heavy atom. The molecule has 0 bridgehead atoms. The topological polar surface area (TPSA) is 65.2 Å². The standard InChI is InChI=1S/C14H16N2O3/c1-3-10-4-6-11(7-5-10)14-15-13(19-16-14)8-12(17)9-18-2/h4-7H,3,8-9H2,1-2H3. The van der Waals surface area contributed by atoms with Gasteiger partial charge in [0, 0.05) is 12.7 Å². The van der Waals surface area contributed by atoms with Crippen molar-refractivity contribution in [2.45, 2.75) is 19.8 Å². The summed E-state index contributed by atoms with van der Waals surface area (Å²) in [5.74, 6) is 0.735. The minimum Gasteiger partial charge on any atom is -0.377 e. The summed E-state index contributed by atoms with van der Waals surface area (Å²) in [6, 6.07) is 7.96. The number of benzene rings is 1. The highest BCUT2D eigenvalue weighted by Crippen LogP contribution is 2.17. The van der Waals surface area contributed by atoms with Gasteiger partial charge in [-0.15, -0.1) is 0 Å². The maximum atomic E-state index is 11.4. The molecule has 5 nitrogen and oxygen atoms in total. The predicted molar refractivity (Wildman–Crippen MR) is 69.7 cm³/mol. The molecule has 100 valence electrons. The average molecular weight is 260 g/mol. The summed E-state index contributed by atoms with van der Waals surface area (Å²) in [7, 11) is 1.48. The van der Waals surface area contributed by atoms with Crippen molar-refractivity contribution in [2.24, 2.45) is 0 Å². The third kappa shape index (κ3) is 3.48. The van der Waals surface area contributed by atoms with Crippen LogP contribution in [-0.2, 0) is 22.4 Å². The van der Waals surface area contributed by atoms with E-state index in [1.54, 1.807) is 0 Å². The Labute approximate surface area is 111 Å². The first-order valence-electron chi connectivity index (χ1n) is 6.15. The van der Waals surface area contributed by atoms with E-state index >= 15 is 0 Å². The van der Waals surface area contributed by atoms with Gasteiger partial charge in [-0.05, 0) is 12.0 Å². The zero-order valence-electron chi connectivity index (χ0n) is 11.0. The van der Waals surface area contributed by atoms with E-state index in [1.807, 2.05) is 24.3 Å². The van der Waals surface area contributed by atoms with Crippen molar-refractivity contribution in [3.8, 4) is 11.4 Å². The SMILES string of the molecule is CCc1ccc(-c2noc(CC(=O)COC)n2)cc1. The van der Waals surface area contributed by atoms with E-state index < -0.39 is 0 Å². The van der Waals surface area contributed by atoms with Crippen LogP contribution >= 0.6 is 0 Å². The molecular formula is C14H16N2O3. The first-order chi connectivity index (χ1) is 9.22. The smallest absolute Gasteiger partial charge is 0.234 e. The first-order valence-corrected chi connectivity index (χ1v) is 6.15. The predicted octanol–water partition coefficient (Wildman–Crippen LogP) is 2.06. The quantitative estimate of drug-likeness (QED) is 0.795. The van der Waals surface area contributed by atoms with E-state index in [1.165, 1.54) is 12.7 Å². The molecule has 1 aromatic heterocycles. The van der Waals surface area contributed by atoms with E-state index in [2.05, 4.69) is 17.1 Å². The fourth-order valence-corrected chi connectivity index (χ4v) is 1.71. The van der Waals surface area contributed by atoms with Crippen LogP contribution < -0.4 is 0 Å². The summed E-state index contributed by atoms with van der Waals surface area (Å²) in [4.78, 5) is 15.6. The molecule has 2 rings (SSSR count). The van der Waals surface area contributed by atoms with E-state index in [-0.39, 0.29) is 18.8 Å². The van der Waals surface area contributed by atoms with Crippen molar-refractivity contribution in [3.05, 3.63) is 35.7 Å². The number of hydrogen-bond acceptors (Lipinski definition) is 5. The average Bonchev–Trinajstić information content (AvgIpc) is 2.87. The molecule has 0 N–H and O–H groups in total. The second-order valence-electron chi connectivity index (χ2n) is 4.21. The second-order valence-corrected chi connectivity index (χ2v) is 4.21. The summed E-state index contributed by atoms with van der Waals surface area (Å²) in [6.07, 6.45) is 1.09. The number of rotatable bonds is 6. The third-order valence-corrected chi connectivity index (χ3v) is 2.74. The van der Waals surface area contributed by atoms with Crippen molar-refractivity contribution in [2.75, 3.05) is 13.7 Å². The van der Waals surface area contributed by atoms with E-state index in [0.717, 1.165) is 12.0 Å². The molecule has 0 spiro atoms. The summed E-state index contributed by atoms with van der Waals surface area (Å²) in [6.45, 7) is 2.16. The normalized spacial score (nSPS) is 10.6. The number of aromatic nitrogens is 2. The summed E-state index contributed by atoms with van der Waals surface area (Å²) in [5.41, 5.74) is 2.13. The third-order valence-electron chi connectivity index (χ3n) is 2.74. The van der Waals surface area contributed by atoms with Crippen LogP contribution in [0, 0.1) is 0 Å². The van der Waals surface area contributed by atoms with Crippen LogP contribution in [0.15, 0.2) is 28.8 Å². The number of methoxy groups -OCH3 is 1. The van der Waals surface area contributed by atoms with E-state index in [0.29, 0.717) is 11.7 Å². The van der Waals surface area contributed by atoms with Gasteiger partial charge in [0.15, 0.2) is 5.78 Å². The van der Waals surface area contributed by atoms with Gasteiger partial charge in [0.05, 0.1) is 6.42 Å². The Balaban J connectivity index is 2.09. The zero-order chi connectivity index (χ0) is 13.7. The Kier molecular flexibility index (Phi) is 4.41. The Morgan fingerprint density at radius 1 is 1.32 bits per heavy atom. The molecule has 0 fully saturated rings. The molecule has 0 saturated heterocycles. The number of ketones is 1. The fourth-order valence-electron chi connectivity index (χ4n) is 1.71. The van der Waals surface area contributed by atoms with Gasteiger partial charge >= 0.3 is 0 Å². The van der Waals surface area contributed by atoms with E-state index in [4.69, 9.17) is 9.26 Å². The molecule has 0 radical (unpaired) electrons. The van der Waals surface area contributed by atoms with Gasteiger partial charge in [0.1, 0.15) is 6.61 Å². The number of aryl methyl sites for hydroxylation is 1. The highest BCUT2D eigenvalue weighted by atomic mass is 16.5. The first kappa shape index (κ1) is 13.4. The Bertz CT molecular complexity index is 546.